The Morgan fingerprint density at radius 2 is 1.11 bits per heavy atom. The number of nitrogens with zero attached hydrogens (tertiary/aromatic N) is 2. The zero-order valence-corrected chi connectivity index (χ0v) is 13.5. The van der Waals surface area contributed by atoms with Gasteiger partial charge in [-0.3, -0.25) is 0 Å². The molecule has 0 aromatic carbocycles. The van der Waals surface area contributed by atoms with Crippen molar-refractivity contribution in [2.24, 2.45) is 0 Å². The van der Waals surface area contributed by atoms with Crippen LogP contribution in [0.4, 0.5) is 4.79 Å². The van der Waals surface area contributed by atoms with Crippen LogP contribution in [0.15, 0.2) is 0 Å². The summed E-state index contributed by atoms with van der Waals surface area (Å²) in [4.78, 5) is 15.7. The molecule has 0 N–H and O–H groups in total. The predicted octanol–water partition coefficient (Wildman–Crippen LogP) is 2.25. The number of carbonyl (C=O) groups is 1. The Bertz CT molecular complexity index is 190. The normalized spacial score (nSPS) is 10.4. The third-order valence-electron chi connectivity index (χ3n) is 3.04. The third-order valence-corrected chi connectivity index (χ3v) is 3.04. The van der Waals surface area contributed by atoms with E-state index >= 15 is 0 Å². The highest BCUT2D eigenvalue weighted by Crippen LogP contribution is 1.92. The van der Waals surface area contributed by atoms with E-state index < -0.39 is 6.16 Å². The molecule has 0 rings (SSSR count). The van der Waals surface area contributed by atoms with Crippen LogP contribution in [0.25, 0.3) is 0 Å². The monoisotopic (exact) mass is 296 g/mol. The van der Waals surface area contributed by atoms with Gasteiger partial charge in [0, 0.05) is 13.1 Å². The largest absolute Gasteiger partial charge is 0.508 e. The maximum absolute atomic E-state index is 11.3. The van der Waals surface area contributed by atoms with Gasteiger partial charge in [0.1, 0.15) is 13.2 Å². The second-order valence-electron chi connectivity index (χ2n) is 4.00. The first-order valence-electron chi connectivity index (χ1n) is 6.92. The summed E-state index contributed by atoms with van der Waals surface area (Å²) >= 11 is 0. The van der Waals surface area contributed by atoms with E-state index in [0.717, 1.165) is 39.3 Å². The molecule has 0 amide bonds. The molecule has 0 aliphatic heterocycles. The fraction of sp³-hybridized carbons (Fsp3) is 0.923. The maximum atomic E-state index is 11.3. The highest BCUT2D eigenvalue weighted by molar-refractivity contribution is 5.85. The van der Waals surface area contributed by atoms with Crippen molar-refractivity contribution >= 4 is 18.6 Å². The van der Waals surface area contributed by atoms with Gasteiger partial charge in [-0.05, 0) is 26.2 Å². The van der Waals surface area contributed by atoms with Crippen molar-refractivity contribution in [1.82, 2.24) is 9.80 Å². The van der Waals surface area contributed by atoms with Crippen LogP contribution in [-0.4, -0.2) is 68.4 Å². The van der Waals surface area contributed by atoms with E-state index in [1.807, 2.05) is 0 Å². The lowest BCUT2D eigenvalue weighted by atomic mass is 10.5. The van der Waals surface area contributed by atoms with E-state index in [0.29, 0.717) is 13.2 Å². The SMILES string of the molecule is CCN(CC)CCOC(=O)OCCN(CC)CC.Cl. The molecule has 19 heavy (non-hydrogen) atoms. The Morgan fingerprint density at radius 3 is 1.37 bits per heavy atom. The highest BCUT2D eigenvalue weighted by Gasteiger charge is 2.06. The first-order valence-corrected chi connectivity index (χ1v) is 6.92. The van der Waals surface area contributed by atoms with Gasteiger partial charge in [0.25, 0.3) is 0 Å². The summed E-state index contributed by atoms with van der Waals surface area (Å²) in [5, 5.41) is 0. The number of hydrogen-bond donors (Lipinski definition) is 0. The van der Waals surface area contributed by atoms with Gasteiger partial charge in [-0.1, -0.05) is 27.7 Å². The van der Waals surface area contributed by atoms with E-state index in [1.165, 1.54) is 0 Å². The summed E-state index contributed by atoms with van der Waals surface area (Å²) in [6.45, 7) is 14.5. The van der Waals surface area contributed by atoms with Gasteiger partial charge in [-0.25, -0.2) is 4.79 Å². The van der Waals surface area contributed by atoms with Crippen molar-refractivity contribution in [2.45, 2.75) is 27.7 Å². The fourth-order valence-corrected chi connectivity index (χ4v) is 1.64. The minimum absolute atomic E-state index is 0. The molecule has 0 aliphatic carbocycles. The molecule has 0 aromatic heterocycles. The number of hydrogen-bond acceptors (Lipinski definition) is 5. The Kier molecular flexibility index (Phi) is 15.2. The molecule has 0 saturated heterocycles. The van der Waals surface area contributed by atoms with E-state index in [4.69, 9.17) is 9.47 Å². The number of ether oxygens (including phenoxy) is 2. The van der Waals surface area contributed by atoms with Gasteiger partial charge in [0.2, 0.25) is 0 Å². The molecule has 0 heterocycles. The maximum Gasteiger partial charge on any atom is 0.508 e. The average Bonchev–Trinajstić information content (AvgIpc) is 2.40. The first-order chi connectivity index (χ1) is 8.67. The van der Waals surface area contributed by atoms with Crippen LogP contribution in [0.1, 0.15) is 27.7 Å². The van der Waals surface area contributed by atoms with Crippen molar-refractivity contribution in [3.05, 3.63) is 0 Å². The molecular formula is C13H29ClN2O3. The molecule has 0 unspecified atom stereocenters. The van der Waals surface area contributed by atoms with Crippen LogP contribution in [0.5, 0.6) is 0 Å². The van der Waals surface area contributed by atoms with Gasteiger partial charge in [0.15, 0.2) is 0 Å². The molecule has 5 nitrogen and oxygen atoms in total. The number of rotatable bonds is 10. The summed E-state index contributed by atoms with van der Waals surface area (Å²) in [7, 11) is 0. The Labute approximate surface area is 123 Å². The zero-order valence-electron chi connectivity index (χ0n) is 12.7. The molecule has 0 spiro atoms. The van der Waals surface area contributed by atoms with Crippen LogP contribution in [0.2, 0.25) is 0 Å². The molecule has 0 saturated carbocycles. The van der Waals surface area contributed by atoms with Crippen LogP contribution < -0.4 is 0 Å². The minimum atomic E-state index is -0.561. The molecule has 0 radical (unpaired) electrons. The van der Waals surface area contributed by atoms with Gasteiger partial charge >= 0.3 is 6.16 Å². The highest BCUT2D eigenvalue weighted by atomic mass is 35.5. The zero-order chi connectivity index (χ0) is 13.8. The van der Waals surface area contributed by atoms with E-state index in [2.05, 4.69) is 37.5 Å². The quantitative estimate of drug-likeness (QED) is 0.578. The van der Waals surface area contributed by atoms with Crippen LogP contribution >= 0.6 is 12.4 Å². The van der Waals surface area contributed by atoms with Crippen LogP contribution in [0, 0.1) is 0 Å². The van der Waals surface area contributed by atoms with Crippen LogP contribution in [-0.2, 0) is 9.47 Å². The lowest BCUT2D eigenvalue weighted by Gasteiger charge is -2.18. The Balaban J connectivity index is 0. The smallest absolute Gasteiger partial charge is 0.433 e. The van der Waals surface area contributed by atoms with Crippen molar-refractivity contribution in [3.63, 3.8) is 0 Å². The number of carbonyl (C=O) groups excluding carboxylic acids is 1. The van der Waals surface area contributed by atoms with Gasteiger partial charge in [-0.2, -0.15) is 0 Å². The summed E-state index contributed by atoms with van der Waals surface area (Å²) in [5.41, 5.74) is 0. The molecule has 0 aliphatic rings. The van der Waals surface area contributed by atoms with Crippen molar-refractivity contribution in [1.29, 1.82) is 0 Å². The lowest BCUT2D eigenvalue weighted by Crippen LogP contribution is -2.29. The van der Waals surface area contributed by atoms with E-state index in [-0.39, 0.29) is 12.4 Å². The van der Waals surface area contributed by atoms with Gasteiger partial charge in [0.05, 0.1) is 0 Å². The topological polar surface area (TPSA) is 42.0 Å². The third kappa shape index (κ3) is 11.0. The molecule has 0 fully saturated rings. The standard InChI is InChI=1S/C13H28N2O3.ClH/c1-5-14(6-2)9-11-17-13(16)18-12-10-15(7-3)8-4;/h5-12H2,1-4H3;1H. The van der Waals surface area contributed by atoms with Crippen LogP contribution in [0.3, 0.4) is 0 Å². The second-order valence-corrected chi connectivity index (χ2v) is 4.00. The minimum Gasteiger partial charge on any atom is -0.433 e. The molecule has 116 valence electrons. The summed E-state index contributed by atoms with van der Waals surface area (Å²) in [5.74, 6) is 0. The van der Waals surface area contributed by atoms with Gasteiger partial charge < -0.3 is 19.3 Å². The number of likely N-dealkylation sites (N-methyl/N-ethyl adjacent to an activating group) is 2. The summed E-state index contributed by atoms with van der Waals surface area (Å²) in [6.07, 6.45) is -0.561. The molecular weight excluding hydrogens is 268 g/mol. The van der Waals surface area contributed by atoms with E-state index in [1.54, 1.807) is 0 Å². The number of halogens is 1. The van der Waals surface area contributed by atoms with Crippen molar-refractivity contribution in [3.8, 4) is 0 Å². The predicted molar refractivity (Wildman–Crippen MR) is 80.1 cm³/mol. The average molecular weight is 297 g/mol. The van der Waals surface area contributed by atoms with Crippen molar-refractivity contribution < 1.29 is 14.3 Å². The molecule has 6 heteroatoms. The fourth-order valence-electron chi connectivity index (χ4n) is 1.64. The Morgan fingerprint density at radius 1 is 0.789 bits per heavy atom. The molecule has 0 bridgehead atoms. The summed E-state index contributed by atoms with van der Waals surface area (Å²) in [6, 6.07) is 0. The van der Waals surface area contributed by atoms with Crippen molar-refractivity contribution in [2.75, 3.05) is 52.5 Å². The Hall–Kier alpha value is -0.520. The van der Waals surface area contributed by atoms with E-state index in [9.17, 15) is 4.79 Å². The first kappa shape index (κ1) is 20.8. The lowest BCUT2D eigenvalue weighted by molar-refractivity contribution is 0.0429. The molecule has 0 atom stereocenters. The second kappa shape index (κ2) is 13.9. The molecule has 0 aromatic rings. The van der Waals surface area contributed by atoms with Gasteiger partial charge in [-0.15, -0.1) is 12.4 Å². The summed E-state index contributed by atoms with van der Waals surface area (Å²) < 4.78 is 10.0.